The Kier molecular flexibility index (Phi) is 20.9. The zero-order valence-corrected chi connectivity index (χ0v) is 48.5. The molecule has 81 heavy (non-hydrogen) atoms. The Morgan fingerprint density at radius 1 is 0.778 bits per heavy atom. The molecule has 3 atom stereocenters. The summed E-state index contributed by atoms with van der Waals surface area (Å²) in [6, 6.07) is 10.1. The number of ether oxygens (including phenoxy) is 4. The van der Waals surface area contributed by atoms with Crippen LogP contribution in [0, 0.1) is 6.92 Å². The summed E-state index contributed by atoms with van der Waals surface area (Å²) >= 11 is 5.70. The summed E-state index contributed by atoms with van der Waals surface area (Å²) in [6.07, 6.45) is 0.124. The lowest BCUT2D eigenvalue weighted by Crippen LogP contribution is -2.40. The van der Waals surface area contributed by atoms with Crippen LogP contribution in [0.1, 0.15) is 101 Å². The molecule has 7 aromatic rings. The number of nitrogens with zero attached hydrogens (tertiary/aromatic N) is 7. The van der Waals surface area contributed by atoms with E-state index in [4.69, 9.17) is 38.9 Å². The van der Waals surface area contributed by atoms with Gasteiger partial charge in [0.2, 0.25) is 11.8 Å². The minimum Gasteiger partial charge on any atom is -0.386 e. The van der Waals surface area contributed by atoms with E-state index in [0.717, 1.165) is 22.7 Å². The molecule has 6 aromatic heterocycles. The molecule has 24 nitrogen and oxygen atoms in total. The number of thiazole rings is 5. The maximum Gasteiger partial charge on any atom is 0.277 e. The number of carbonyl (C=O) groups excluding carboxylic acids is 6. The SMILES string of the molecule is C/C=C(\N=C(/C)c1ccc2c(n1)-c1csc(n1)-c1csc(n1)[C@H]([C@@H](O)c1ccccc1)NC(=O)CNC(=O)c1nc(sc1COC)NC(=O)c1nc(sc1C)[C@H](CC(=O)NC)NC(=O)c1csc-2n1)NC(=O)COCCOCCOC. The first-order valence-electron chi connectivity index (χ1n) is 24.8. The molecule has 0 spiro atoms. The summed E-state index contributed by atoms with van der Waals surface area (Å²) in [5.41, 5.74) is 2.94. The van der Waals surface area contributed by atoms with Gasteiger partial charge in [-0.3, -0.25) is 34.1 Å². The first kappa shape index (κ1) is 59.7. The number of amides is 6. The van der Waals surface area contributed by atoms with Gasteiger partial charge in [0.1, 0.15) is 78.8 Å². The second-order valence-electron chi connectivity index (χ2n) is 17.4. The van der Waals surface area contributed by atoms with Gasteiger partial charge < -0.3 is 50.6 Å². The van der Waals surface area contributed by atoms with Crippen molar-refractivity contribution >= 4 is 103 Å². The van der Waals surface area contributed by atoms with Crippen molar-refractivity contribution in [3.05, 3.63) is 119 Å². The lowest BCUT2D eigenvalue weighted by Gasteiger charge is -2.23. The molecule has 1 aromatic carbocycles. The quantitative estimate of drug-likeness (QED) is 0.0420. The van der Waals surface area contributed by atoms with E-state index in [1.807, 2.05) is 0 Å². The average molecular weight is 1200 g/mol. The van der Waals surface area contributed by atoms with Crippen molar-refractivity contribution in [3.8, 4) is 32.7 Å². The van der Waals surface area contributed by atoms with Gasteiger partial charge in [-0.15, -0.1) is 45.3 Å². The molecule has 0 unspecified atom stereocenters. The predicted molar refractivity (Wildman–Crippen MR) is 306 cm³/mol. The van der Waals surface area contributed by atoms with Gasteiger partial charge in [0.05, 0.1) is 68.3 Å². The van der Waals surface area contributed by atoms with E-state index in [-0.39, 0.29) is 59.3 Å². The highest BCUT2D eigenvalue weighted by atomic mass is 32.1. The molecule has 0 fully saturated rings. The van der Waals surface area contributed by atoms with Crippen molar-refractivity contribution in [2.75, 3.05) is 66.2 Å². The molecule has 0 saturated heterocycles. The number of benzene rings is 1. The molecule has 10 bridgehead atoms. The Morgan fingerprint density at radius 3 is 2.28 bits per heavy atom. The molecule has 0 aliphatic carbocycles. The van der Waals surface area contributed by atoms with E-state index >= 15 is 0 Å². The lowest BCUT2D eigenvalue weighted by atomic mass is 10.0. The number of carbonyl (C=O) groups is 6. The predicted octanol–water partition coefficient (Wildman–Crippen LogP) is 5.78. The fraction of sp³-hybridized carbons (Fsp3) is 0.327. The number of aliphatic hydroxyl groups is 1. The second kappa shape index (κ2) is 28.3. The number of rotatable bonds is 17. The summed E-state index contributed by atoms with van der Waals surface area (Å²) in [4.78, 5) is 115. The normalized spacial score (nSPS) is 15.8. The van der Waals surface area contributed by atoms with E-state index < -0.39 is 60.2 Å². The average Bonchev–Trinajstić information content (AvgIpc) is 4.45. The van der Waals surface area contributed by atoms with E-state index in [2.05, 4.69) is 46.9 Å². The number of nitrogens with one attached hydrogen (secondary N) is 6. The number of aryl methyl sites for hydroxylation is 1. The molecule has 6 amide bonds. The molecule has 7 N–H and O–H groups in total. The van der Waals surface area contributed by atoms with Gasteiger partial charge in [0.25, 0.3) is 23.6 Å². The number of hydrogen-bond donors (Lipinski definition) is 7. The molecule has 1 aliphatic heterocycles. The highest BCUT2D eigenvalue weighted by Crippen LogP contribution is 2.38. The second-order valence-corrected chi connectivity index (χ2v) is 22.4. The standard InChI is InChI=1S/C52H55N13O11S5/c1-7-36(61-39(68)22-76-18-17-75-16-15-73-5)55-26(2)30-14-13-29-41(56-30)32-23-78-49(58-32)34-25-79-51(60-34)43(44(69)28-11-9-8-10-12-28)62-38(67)20-54-46(71)42-35(21-74-6)81-52(64-42)65-47(72)40-27(3)80-50(63-40)31(19-37(66)53-4)57-45(70)33-24-77-48(29)59-33/h7-14,23-25,31,43-44,69H,15-22H2,1-6H3,(H,53,66)(H,54,71)(H,57,70)(H,61,68)(H,62,67)(H,64,65,72)/b36-7+,55-26+/t31-,43-,44-/m0/s1. The van der Waals surface area contributed by atoms with Crippen molar-refractivity contribution in [1.29, 1.82) is 0 Å². The molecular weight excluding hydrogens is 1140 g/mol. The minimum absolute atomic E-state index is 0.0113. The molecule has 0 radical (unpaired) electrons. The van der Waals surface area contributed by atoms with E-state index in [9.17, 15) is 33.9 Å². The lowest BCUT2D eigenvalue weighted by molar-refractivity contribution is -0.125. The minimum atomic E-state index is -1.28. The molecule has 29 heteroatoms. The fourth-order valence-electron chi connectivity index (χ4n) is 7.72. The van der Waals surface area contributed by atoms with Crippen LogP contribution in [-0.2, 0) is 39.9 Å². The third-order valence-corrected chi connectivity index (χ3v) is 16.4. The fourth-order valence-corrected chi connectivity index (χ4v) is 12.2. The number of allylic oxidation sites excluding steroid dienone is 1. The van der Waals surface area contributed by atoms with Gasteiger partial charge in [-0.1, -0.05) is 41.7 Å². The van der Waals surface area contributed by atoms with Crippen molar-refractivity contribution in [1.82, 2.24) is 56.5 Å². The van der Waals surface area contributed by atoms with Gasteiger partial charge in [0, 0.05) is 47.8 Å². The summed E-state index contributed by atoms with van der Waals surface area (Å²) in [7, 11) is 4.46. The summed E-state index contributed by atoms with van der Waals surface area (Å²) in [5.74, 6) is -3.29. The van der Waals surface area contributed by atoms with Crippen LogP contribution in [0.4, 0.5) is 5.13 Å². The number of aliphatic imine (C=N–C) groups is 1. The number of fused-ring (bicyclic) bond motifs is 14. The largest absolute Gasteiger partial charge is 0.386 e. The molecule has 424 valence electrons. The van der Waals surface area contributed by atoms with Crippen LogP contribution in [-0.4, -0.2) is 137 Å². The van der Waals surface area contributed by atoms with Crippen LogP contribution in [0.15, 0.2) is 75.5 Å². The van der Waals surface area contributed by atoms with Gasteiger partial charge in [-0.2, -0.15) is 0 Å². The molecule has 8 rings (SSSR count). The summed E-state index contributed by atoms with van der Waals surface area (Å²) in [6.45, 7) is 5.64. The number of anilines is 1. The number of hydrogen-bond acceptors (Lipinski definition) is 23. The number of pyridine rings is 1. The van der Waals surface area contributed by atoms with E-state index in [1.165, 1.54) is 48.2 Å². The third-order valence-electron chi connectivity index (χ3n) is 11.7. The summed E-state index contributed by atoms with van der Waals surface area (Å²) < 4.78 is 21.2. The maximum absolute atomic E-state index is 14.2. The Labute approximate surface area is 483 Å². The summed E-state index contributed by atoms with van der Waals surface area (Å²) in [5, 5.41) is 34.8. The van der Waals surface area contributed by atoms with Crippen molar-refractivity contribution < 1.29 is 52.8 Å². The van der Waals surface area contributed by atoms with Crippen LogP contribution in [0.25, 0.3) is 32.7 Å². The maximum atomic E-state index is 14.2. The third kappa shape index (κ3) is 15.3. The first-order chi connectivity index (χ1) is 39.2. The Bertz CT molecular complexity index is 3460. The Hall–Kier alpha value is -7.45. The number of methoxy groups -OCH3 is 2. The topological polar surface area (TPSA) is 321 Å². The van der Waals surface area contributed by atoms with Crippen LogP contribution in [0.2, 0.25) is 0 Å². The number of aromatic nitrogens is 6. The smallest absolute Gasteiger partial charge is 0.277 e. The zero-order valence-electron chi connectivity index (χ0n) is 44.4. The van der Waals surface area contributed by atoms with Crippen molar-refractivity contribution in [3.63, 3.8) is 0 Å². The van der Waals surface area contributed by atoms with Crippen LogP contribution in [0.3, 0.4) is 0 Å². The monoisotopic (exact) mass is 1200 g/mol. The van der Waals surface area contributed by atoms with Crippen LogP contribution in [0.5, 0.6) is 0 Å². The van der Waals surface area contributed by atoms with Crippen LogP contribution >= 0.6 is 56.7 Å². The first-order valence-corrected chi connectivity index (χ1v) is 29.1. The zero-order chi connectivity index (χ0) is 57.6. The van der Waals surface area contributed by atoms with Gasteiger partial charge >= 0.3 is 0 Å². The Balaban J connectivity index is 1.17. The molecule has 1 aliphatic rings. The highest BCUT2D eigenvalue weighted by Gasteiger charge is 2.31. The molecular formula is C52H55N13O11S5. The van der Waals surface area contributed by atoms with E-state index in [0.29, 0.717) is 84.2 Å². The van der Waals surface area contributed by atoms with E-state index in [1.54, 1.807) is 92.6 Å². The van der Waals surface area contributed by atoms with Gasteiger partial charge in [-0.05, 0) is 44.5 Å². The molecule has 7 heterocycles. The Morgan fingerprint density at radius 2 is 1.52 bits per heavy atom. The van der Waals surface area contributed by atoms with Crippen LogP contribution < -0.4 is 31.9 Å². The van der Waals surface area contributed by atoms with Gasteiger partial charge in [-0.25, -0.2) is 34.9 Å². The van der Waals surface area contributed by atoms with Crippen molar-refractivity contribution in [2.24, 2.45) is 4.99 Å². The van der Waals surface area contributed by atoms with Gasteiger partial charge in [0.15, 0.2) is 5.13 Å². The highest BCUT2D eigenvalue weighted by molar-refractivity contribution is 7.16. The van der Waals surface area contributed by atoms with Crippen molar-refractivity contribution in [2.45, 2.75) is 52.0 Å². The number of aliphatic hydroxyl groups excluding tert-OH is 1. The molecule has 0 saturated carbocycles.